The van der Waals surface area contributed by atoms with Gasteiger partial charge in [0.2, 0.25) is 5.91 Å². The number of aromatic carboxylic acids is 1. The number of halogens is 1. The van der Waals surface area contributed by atoms with Gasteiger partial charge in [0.1, 0.15) is 0 Å². The summed E-state index contributed by atoms with van der Waals surface area (Å²) in [4.78, 5) is 22.5. The number of rotatable bonds is 5. The molecule has 0 saturated carbocycles. The molecule has 21 heavy (non-hydrogen) atoms. The summed E-state index contributed by atoms with van der Waals surface area (Å²) in [6.07, 6.45) is 0. The highest BCUT2D eigenvalue weighted by Gasteiger charge is 2.06. The van der Waals surface area contributed by atoms with Gasteiger partial charge < -0.3 is 15.7 Å². The molecule has 2 aromatic rings. The van der Waals surface area contributed by atoms with Gasteiger partial charge in [0.15, 0.2) is 0 Å². The molecular weight excluding hydrogens is 292 g/mol. The topological polar surface area (TPSA) is 78.4 Å². The van der Waals surface area contributed by atoms with Crippen LogP contribution in [0.4, 0.5) is 11.4 Å². The molecule has 0 bridgehead atoms. The second kappa shape index (κ2) is 6.76. The van der Waals surface area contributed by atoms with E-state index in [4.69, 9.17) is 16.7 Å². The first-order chi connectivity index (χ1) is 10.1. The van der Waals surface area contributed by atoms with E-state index in [1.165, 1.54) is 24.3 Å². The Hall–Kier alpha value is -2.53. The van der Waals surface area contributed by atoms with Crippen molar-refractivity contribution in [3.8, 4) is 0 Å². The van der Waals surface area contributed by atoms with Gasteiger partial charge in [-0.15, -0.1) is 0 Å². The third-order valence-corrected chi connectivity index (χ3v) is 3.06. The van der Waals surface area contributed by atoms with Crippen LogP contribution in [0.2, 0.25) is 5.02 Å². The van der Waals surface area contributed by atoms with E-state index in [0.29, 0.717) is 16.4 Å². The zero-order chi connectivity index (χ0) is 15.2. The Bertz CT molecular complexity index is 656. The van der Waals surface area contributed by atoms with Crippen molar-refractivity contribution in [1.29, 1.82) is 0 Å². The Morgan fingerprint density at radius 3 is 2.33 bits per heavy atom. The quantitative estimate of drug-likeness (QED) is 0.793. The Labute approximate surface area is 126 Å². The van der Waals surface area contributed by atoms with Gasteiger partial charge in [0, 0.05) is 5.69 Å². The van der Waals surface area contributed by atoms with Gasteiger partial charge in [-0.05, 0) is 36.4 Å². The van der Waals surface area contributed by atoms with Gasteiger partial charge in [-0.2, -0.15) is 0 Å². The van der Waals surface area contributed by atoms with Crippen molar-refractivity contribution in [2.45, 2.75) is 0 Å². The SMILES string of the molecule is O=C(CNc1ccccc1Cl)Nc1ccc(C(=O)O)cc1. The van der Waals surface area contributed by atoms with Gasteiger partial charge >= 0.3 is 5.97 Å². The van der Waals surface area contributed by atoms with Crippen LogP contribution in [-0.4, -0.2) is 23.5 Å². The average Bonchev–Trinajstić information content (AvgIpc) is 2.47. The summed E-state index contributed by atoms with van der Waals surface area (Å²) in [5.74, 6) is -1.26. The summed E-state index contributed by atoms with van der Waals surface area (Å²) >= 11 is 5.97. The molecule has 0 atom stereocenters. The molecule has 3 N–H and O–H groups in total. The number of carboxylic acid groups (broad SMARTS) is 1. The number of amides is 1. The third kappa shape index (κ3) is 4.22. The van der Waals surface area contributed by atoms with Crippen molar-refractivity contribution < 1.29 is 14.7 Å². The van der Waals surface area contributed by atoms with Gasteiger partial charge in [-0.1, -0.05) is 23.7 Å². The minimum Gasteiger partial charge on any atom is -0.478 e. The zero-order valence-electron chi connectivity index (χ0n) is 11.0. The lowest BCUT2D eigenvalue weighted by Gasteiger charge is -2.09. The monoisotopic (exact) mass is 304 g/mol. The smallest absolute Gasteiger partial charge is 0.335 e. The first-order valence-corrected chi connectivity index (χ1v) is 6.55. The first kappa shape index (κ1) is 14.9. The van der Waals surface area contributed by atoms with Crippen molar-refractivity contribution in [3.63, 3.8) is 0 Å². The highest BCUT2D eigenvalue weighted by molar-refractivity contribution is 6.33. The second-order valence-corrected chi connectivity index (χ2v) is 4.67. The normalized spacial score (nSPS) is 9.95. The fourth-order valence-corrected chi connectivity index (χ4v) is 1.88. The zero-order valence-corrected chi connectivity index (χ0v) is 11.7. The number of benzene rings is 2. The fraction of sp³-hybridized carbons (Fsp3) is 0.0667. The molecule has 0 aliphatic heterocycles. The molecule has 0 radical (unpaired) electrons. The maximum absolute atomic E-state index is 11.8. The number of nitrogens with one attached hydrogen (secondary N) is 2. The minimum atomic E-state index is -1.01. The molecule has 1 amide bonds. The lowest BCUT2D eigenvalue weighted by atomic mass is 10.2. The van der Waals surface area contributed by atoms with Crippen LogP contribution in [0.3, 0.4) is 0 Å². The Morgan fingerprint density at radius 1 is 1.05 bits per heavy atom. The molecule has 0 fully saturated rings. The van der Waals surface area contributed by atoms with E-state index in [2.05, 4.69) is 10.6 Å². The van der Waals surface area contributed by atoms with Crippen molar-refractivity contribution in [2.75, 3.05) is 17.2 Å². The van der Waals surface area contributed by atoms with E-state index in [1.807, 2.05) is 6.07 Å². The van der Waals surface area contributed by atoms with Crippen molar-refractivity contribution in [1.82, 2.24) is 0 Å². The summed E-state index contributed by atoms with van der Waals surface area (Å²) < 4.78 is 0. The van der Waals surface area contributed by atoms with Gasteiger partial charge in [0.05, 0.1) is 22.8 Å². The number of hydrogen-bond donors (Lipinski definition) is 3. The molecule has 0 heterocycles. The molecule has 5 nitrogen and oxygen atoms in total. The molecular formula is C15H13ClN2O3. The largest absolute Gasteiger partial charge is 0.478 e. The van der Waals surface area contributed by atoms with E-state index >= 15 is 0 Å². The minimum absolute atomic E-state index is 0.0599. The van der Waals surface area contributed by atoms with E-state index in [1.54, 1.807) is 18.2 Å². The van der Waals surface area contributed by atoms with Crippen LogP contribution >= 0.6 is 11.6 Å². The van der Waals surface area contributed by atoms with Crippen molar-refractivity contribution >= 4 is 34.9 Å². The Balaban J connectivity index is 1.90. The Kier molecular flexibility index (Phi) is 4.79. The lowest BCUT2D eigenvalue weighted by molar-refractivity contribution is -0.114. The van der Waals surface area contributed by atoms with Crippen LogP contribution in [-0.2, 0) is 4.79 Å². The molecule has 6 heteroatoms. The maximum Gasteiger partial charge on any atom is 0.335 e. The molecule has 0 aliphatic carbocycles. The molecule has 0 spiro atoms. The average molecular weight is 305 g/mol. The van der Waals surface area contributed by atoms with Crippen LogP contribution < -0.4 is 10.6 Å². The Morgan fingerprint density at radius 2 is 1.71 bits per heavy atom. The number of carbonyl (C=O) groups is 2. The van der Waals surface area contributed by atoms with Crippen LogP contribution in [0.5, 0.6) is 0 Å². The number of carboxylic acids is 1. The molecule has 2 rings (SSSR count). The standard InChI is InChI=1S/C15H13ClN2O3/c16-12-3-1-2-4-13(12)17-9-14(19)18-11-7-5-10(6-8-11)15(20)21/h1-8,17H,9H2,(H,18,19)(H,20,21). The number of hydrogen-bond acceptors (Lipinski definition) is 3. The highest BCUT2D eigenvalue weighted by Crippen LogP contribution is 2.20. The predicted molar refractivity (Wildman–Crippen MR) is 82.0 cm³/mol. The van der Waals surface area contributed by atoms with Gasteiger partial charge in [-0.3, -0.25) is 4.79 Å². The van der Waals surface area contributed by atoms with E-state index in [-0.39, 0.29) is 18.0 Å². The van der Waals surface area contributed by atoms with Crippen LogP contribution in [0.25, 0.3) is 0 Å². The maximum atomic E-state index is 11.8. The van der Waals surface area contributed by atoms with Gasteiger partial charge in [-0.25, -0.2) is 4.79 Å². The number of carbonyl (C=O) groups excluding carboxylic acids is 1. The second-order valence-electron chi connectivity index (χ2n) is 4.26. The highest BCUT2D eigenvalue weighted by atomic mass is 35.5. The summed E-state index contributed by atoms with van der Waals surface area (Å²) in [6.45, 7) is 0.0599. The molecule has 2 aromatic carbocycles. The molecule has 108 valence electrons. The summed E-state index contributed by atoms with van der Waals surface area (Å²) in [5.41, 5.74) is 1.38. The molecule has 0 unspecified atom stereocenters. The van der Waals surface area contributed by atoms with Crippen LogP contribution in [0, 0.1) is 0 Å². The third-order valence-electron chi connectivity index (χ3n) is 2.73. The summed E-state index contributed by atoms with van der Waals surface area (Å²) in [7, 11) is 0. The summed E-state index contributed by atoms with van der Waals surface area (Å²) in [6, 6.07) is 13.1. The van der Waals surface area contributed by atoms with Crippen molar-refractivity contribution in [2.24, 2.45) is 0 Å². The molecule has 0 aliphatic rings. The predicted octanol–water partition coefficient (Wildman–Crippen LogP) is 3.09. The number of anilines is 2. The lowest BCUT2D eigenvalue weighted by Crippen LogP contribution is -2.21. The van der Waals surface area contributed by atoms with Crippen LogP contribution in [0.1, 0.15) is 10.4 Å². The van der Waals surface area contributed by atoms with E-state index < -0.39 is 5.97 Å². The van der Waals surface area contributed by atoms with Crippen LogP contribution in [0.15, 0.2) is 48.5 Å². The summed E-state index contributed by atoms with van der Waals surface area (Å²) in [5, 5.41) is 14.9. The fourth-order valence-electron chi connectivity index (χ4n) is 1.68. The molecule has 0 aromatic heterocycles. The van der Waals surface area contributed by atoms with Gasteiger partial charge in [0.25, 0.3) is 0 Å². The van der Waals surface area contributed by atoms with E-state index in [0.717, 1.165) is 0 Å². The van der Waals surface area contributed by atoms with Crippen molar-refractivity contribution in [3.05, 3.63) is 59.1 Å². The van der Waals surface area contributed by atoms with E-state index in [9.17, 15) is 9.59 Å². The number of para-hydroxylation sites is 1. The first-order valence-electron chi connectivity index (χ1n) is 6.18. The molecule has 0 saturated heterocycles.